The Bertz CT molecular complexity index is 325. The summed E-state index contributed by atoms with van der Waals surface area (Å²) in [6, 6.07) is 4.44. The smallest absolute Gasteiger partial charge is 0.120 e. The van der Waals surface area contributed by atoms with E-state index >= 15 is 0 Å². The summed E-state index contributed by atoms with van der Waals surface area (Å²) in [5, 5.41) is 3.51. The van der Waals surface area contributed by atoms with Gasteiger partial charge in [0.1, 0.15) is 5.76 Å². The van der Waals surface area contributed by atoms with Crippen molar-refractivity contribution in [2.24, 2.45) is 0 Å². The first kappa shape index (κ1) is 12.6. The first-order chi connectivity index (χ1) is 8.26. The summed E-state index contributed by atoms with van der Waals surface area (Å²) < 4.78 is 16.4. The van der Waals surface area contributed by atoms with E-state index in [9.17, 15) is 0 Å². The van der Waals surface area contributed by atoms with Gasteiger partial charge in [-0.25, -0.2) is 0 Å². The zero-order valence-corrected chi connectivity index (χ0v) is 10.7. The molecule has 4 nitrogen and oxygen atoms in total. The Hall–Kier alpha value is -0.840. The van der Waals surface area contributed by atoms with Crippen molar-refractivity contribution in [3.8, 4) is 0 Å². The highest BCUT2D eigenvalue weighted by Gasteiger charge is 2.42. The van der Waals surface area contributed by atoms with Gasteiger partial charge in [-0.15, -0.1) is 0 Å². The normalized spacial score (nSPS) is 29.9. The molecule has 0 amide bonds. The molecule has 4 unspecified atom stereocenters. The van der Waals surface area contributed by atoms with Crippen LogP contribution in [0.25, 0.3) is 0 Å². The Morgan fingerprint density at radius 2 is 2.41 bits per heavy atom. The van der Waals surface area contributed by atoms with E-state index in [2.05, 4.69) is 12.2 Å². The van der Waals surface area contributed by atoms with E-state index in [1.165, 1.54) is 0 Å². The summed E-state index contributed by atoms with van der Waals surface area (Å²) in [7, 11) is 1.74. The Balaban J connectivity index is 1.84. The van der Waals surface area contributed by atoms with Crippen molar-refractivity contribution in [2.75, 3.05) is 13.7 Å². The molecule has 2 rings (SSSR count). The van der Waals surface area contributed by atoms with E-state index in [0.29, 0.717) is 6.04 Å². The number of methoxy groups -OCH3 is 1. The molecule has 1 aromatic rings. The largest absolute Gasteiger partial charge is 0.468 e. The lowest BCUT2D eigenvalue weighted by Crippen LogP contribution is -2.60. The minimum atomic E-state index is 0.146. The number of hydrogen-bond donors (Lipinski definition) is 1. The van der Waals surface area contributed by atoms with Crippen LogP contribution in [0.1, 0.15) is 32.1 Å². The minimum absolute atomic E-state index is 0.146. The highest BCUT2D eigenvalue weighted by atomic mass is 16.5. The fourth-order valence-electron chi connectivity index (χ4n) is 2.38. The molecular weight excluding hydrogens is 218 g/mol. The lowest BCUT2D eigenvalue weighted by Gasteiger charge is -2.44. The topological polar surface area (TPSA) is 43.6 Å². The molecule has 0 aromatic carbocycles. The van der Waals surface area contributed by atoms with Crippen molar-refractivity contribution in [1.29, 1.82) is 0 Å². The molecule has 0 aliphatic heterocycles. The van der Waals surface area contributed by atoms with Crippen LogP contribution in [0.5, 0.6) is 0 Å². The van der Waals surface area contributed by atoms with Crippen LogP contribution >= 0.6 is 0 Å². The van der Waals surface area contributed by atoms with Crippen LogP contribution < -0.4 is 5.32 Å². The van der Waals surface area contributed by atoms with Gasteiger partial charge in [0.2, 0.25) is 0 Å². The lowest BCUT2D eigenvalue weighted by molar-refractivity contribution is -0.133. The van der Waals surface area contributed by atoms with Gasteiger partial charge in [0.15, 0.2) is 0 Å². The Morgan fingerprint density at radius 3 is 3.00 bits per heavy atom. The number of nitrogens with one attached hydrogen (secondary N) is 1. The second-order valence-electron chi connectivity index (χ2n) is 4.44. The maximum Gasteiger partial charge on any atom is 0.120 e. The van der Waals surface area contributed by atoms with Crippen molar-refractivity contribution >= 4 is 0 Å². The standard InChI is InChI=1S/C13H21NO3/c1-4-16-12-8-10(13(12)15-3)14-9(2)11-6-5-7-17-11/h5-7,9-10,12-14H,4,8H2,1-3H3. The third-order valence-corrected chi connectivity index (χ3v) is 3.34. The molecule has 0 spiro atoms. The third kappa shape index (κ3) is 2.70. The first-order valence-electron chi connectivity index (χ1n) is 6.20. The average Bonchev–Trinajstić information content (AvgIpc) is 2.81. The van der Waals surface area contributed by atoms with Crippen LogP contribution in [0.4, 0.5) is 0 Å². The summed E-state index contributed by atoms with van der Waals surface area (Å²) in [5.41, 5.74) is 0. The maximum atomic E-state index is 5.60. The van der Waals surface area contributed by atoms with Gasteiger partial charge in [-0.1, -0.05) is 0 Å². The number of furan rings is 1. The molecule has 4 atom stereocenters. The predicted molar refractivity (Wildman–Crippen MR) is 64.9 cm³/mol. The van der Waals surface area contributed by atoms with Crippen LogP contribution in [0.15, 0.2) is 22.8 Å². The Kier molecular flexibility index (Phi) is 4.20. The SMILES string of the molecule is CCOC1CC(NC(C)c2ccco2)C1OC. The van der Waals surface area contributed by atoms with Crippen molar-refractivity contribution in [3.63, 3.8) is 0 Å². The molecule has 1 heterocycles. The first-order valence-corrected chi connectivity index (χ1v) is 6.20. The molecule has 1 aliphatic carbocycles. The van der Waals surface area contributed by atoms with E-state index in [1.54, 1.807) is 13.4 Å². The molecule has 1 saturated carbocycles. The third-order valence-electron chi connectivity index (χ3n) is 3.34. The van der Waals surface area contributed by atoms with Crippen molar-refractivity contribution in [2.45, 2.75) is 44.6 Å². The molecule has 1 aliphatic rings. The van der Waals surface area contributed by atoms with Gasteiger partial charge < -0.3 is 19.2 Å². The second kappa shape index (κ2) is 5.67. The lowest BCUT2D eigenvalue weighted by atomic mass is 9.84. The van der Waals surface area contributed by atoms with Gasteiger partial charge >= 0.3 is 0 Å². The molecule has 1 N–H and O–H groups in total. The van der Waals surface area contributed by atoms with Crippen LogP contribution in [0, 0.1) is 0 Å². The van der Waals surface area contributed by atoms with Crippen LogP contribution in [-0.2, 0) is 9.47 Å². The summed E-state index contributed by atoms with van der Waals surface area (Å²) in [6.45, 7) is 4.85. The molecule has 17 heavy (non-hydrogen) atoms. The van der Waals surface area contributed by atoms with Gasteiger partial charge in [0.25, 0.3) is 0 Å². The second-order valence-corrected chi connectivity index (χ2v) is 4.44. The summed E-state index contributed by atoms with van der Waals surface area (Å²) in [5.74, 6) is 0.958. The maximum absolute atomic E-state index is 5.60. The molecule has 4 heteroatoms. The molecule has 96 valence electrons. The summed E-state index contributed by atoms with van der Waals surface area (Å²) in [6.07, 6.45) is 3.07. The Morgan fingerprint density at radius 1 is 1.59 bits per heavy atom. The van der Waals surface area contributed by atoms with E-state index in [-0.39, 0.29) is 18.2 Å². The quantitative estimate of drug-likeness (QED) is 0.826. The Labute approximate surface area is 102 Å². The van der Waals surface area contributed by atoms with Crippen LogP contribution in [0.2, 0.25) is 0 Å². The fourth-order valence-corrected chi connectivity index (χ4v) is 2.38. The van der Waals surface area contributed by atoms with Crippen molar-refractivity contribution < 1.29 is 13.9 Å². The number of hydrogen-bond acceptors (Lipinski definition) is 4. The van der Waals surface area contributed by atoms with Gasteiger partial charge in [-0.3, -0.25) is 0 Å². The molecular formula is C13H21NO3. The van der Waals surface area contributed by atoms with E-state index in [4.69, 9.17) is 13.9 Å². The zero-order valence-electron chi connectivity index (χ0n) is 10.7. The summed E-state index contributed by atoms with van der Waals surface area (Å²) in [4.78, 5) is 0. The van der Waals surface area contributed by atoms with E-state index in [0.717, 1.165) is 18.8 Å². The van der Waals surface area contributed by atoms with Gasteiger partial charge in [0.05, 0.1) is 24.5 Å². The molecule has 1 fully saturated rings. The van der Waals surface area contributed by atoms with E-state index in [1.807, 2.05) is 19.1 Å². The molecule has 0 bridgehead atoms. The highest BCUT2D eigenvalue weighted by Crippen LogP contribution is 2.29. The average molecular weight is 239 g/mol. The van der Waals surface area contributed by atoms with Crippen molar-refractivity contribution in [3.05, 3.63) is 24.2 Å². The fraction of sp³-hybridized carbons (Fsp3) is 0.692. The molecule has 0 radical (unpaired) electrons. The van der Waals surface area contributed by atoms with E-state index < -0.39 is 0 Å². The summed E-state index contributed by atoms with van der Waals surface area (Å²) >= 11 is 0. The van der Waals surface area contributed by atoms with Crippen LogP contribution in [-0.4, -0.2) is 32.0 Å². The molecule has 1 aromatic heterocycles. The number of rotatable bonds is 6. The minimum Gasteiger partial charge on any atom is -0.468 e. The number of ether oxygens (including phenoxy) is 2. The van der Waals surface area contributed by atoms with Crippen molar-refractivity contribution in [1.82, 2.24) is 5.32 Å². The molecule has 0 saturated heterocycles. The highest BCUT2D eigenvalue weighted by molar-refractivity contribution is 5.06. The monoisotopic (exact) mass is 239 g/mol. The predicted octanol–water partition coefficient (Wildman–Crippen LogP) is 2.12. The zero-order chi connectivity index (χ0) is 12.3. The van der Waals surface area contributed by atoms with Gasteiger partial charge in [0, 0.05) is 19.8 Å². The van der Waals surface area contributed by atoms with Crippen LogP contribution in [0.3, 0.4) is 0 Å². The van der Waals surface area contributed by atoms with Gasteiger partial charge in [-0.2, -0.15) is 0 Å². The van der Waals surface area contributed by atoms with Gasteiger partial charge in [-0.05, 0) is 32.4 Å².